The summed E-state index contributed by atoms with van der Waals surface area (Å²) in [5, 5.41) is 1.27. The summed E-state index contributed by atoms with van der Waals surface area (Å²) in [4.78, 5) is 14.7. The zero-order valence-corrected chi connectivity index (χ0v) is 18.9. The third kappa shape index (κ3) is 3.85. The van der Waals surface area contributed by atoms with Crippen molar-refractivity contribution >= 4 is 38.7 Å². The number of furan rings is 1. The second kappa shape index (κ2) is 8.12. The summed E-state index contributed by atoms with van der Waals surface area (Å²) in [6, 6.07) is 5.40. The molecule has 2 saturated heterocycles. The monoisotopic (exact) mass is 455 g/mol. The maximum atomic E-state index is 13.0. The van der Waals surface area contributed by atoms with Crippen molar-refractivity contribution < 1.29 is 22.4 Å². The number of piperazine rings is 1. The van der Waals surface area contributed by atoms with E-state index >= 15 is 0 Å². The Morgan fingerprint density at radius 2 is 1.70 bits per heavy atom. The lowest BCUT2D eigenvalue weighted by Gasteiger charge is -2.40. The van der Waals surface area contributed by atoms with Gasteiger partial charge in [-0.05, 0) is 26.8 Å². The number of nitrogens with zero attached hydrogens (tertiary/aromatic N) is 3. The van der Waals surface area contributed by atoms with Crippen molar-refractivity contribution in [3.63, 3.8) is 0 Å². The summed E-state index contributed by atoms with van der Waals surface area (Å²) >= 11 is 6.19. The molecule has 1 aromatic carbocycles. The van der Waals surface area contributed by atoms with Crippen LogP contribution in [0.1, 0.15) is 30.0 Å². The molecule has 8 nitrogen and oxygen atoms in total. The van der Waals surface area contributed by atoms with Crippen LogP contribution in [0.4, 0.5) is 0 Å². The van der Waals surface area contributed by atoms with Gasteiger partial charge in [0.15, 0.2) is 11.3 Å². The van der Waals surface area contributed by atoms with Crippen LogP contribution in [0.5, 0.6) is 0 Å². The van der Waals surface area contributed by atoms with Gasteiger partial charge in [0.25, 0.3) is 16.1 Å². The van der Waals surface area contributed by atoms with Gasteiger partial charge in [0.1, 0.15) is 0 Å². The number of halogens is 1. The Morgan fingerprint density at radius 1 is 1.07 bits per heavy atom. The van der Waals surface area contributed by atoms with Gasteiger partial charge in [-0.2, -0.15) is 17.0 Å². The molecule has 164 valence electrons. The van der Waals surface area contributed by atoms with Crippen LogP contribution in [0.25, 0.3) is 11.0 Å². The van der Waals surface area contributed by atoms with Gasteiger partial charge in [-0.15, -0.1) is 0 Å². The SMILES string of the molecule is Cc1c(C(=O)N2CCN(S(=O)(=O)N3CC(C)OC(C)C3)CC2)oc2c(Cl)cccc12. The summed E-state index contributed by atoms with van der Waals surface area (Å²) in [7, 11) is -3.59. The van der Waals surface area contributed by atoms with Gasteiger partial charge in [-0.1, -0.05) is 23.7 Å². The molecular weight excluding hydrogens is 430 g/mol. The molecule has 0 radical (unpaired) electrons. The van der Waals surface area contributed by atoms with E-state index in [-0.39, 0.29) is 37.0 Å². The lowest BCUT2D eigenvalue weighted by molar-refractivity contribution is -0.0457. The second-order valence-corrected chi connectivity index (χ2v) is 10.3. The van der Waals surface area contributed by atoms with Crippen LogP contribution in [0.3, 0.4) is 0 Å². The van der Waals surface area contributed by atoms with E-state index in [1.54, 1.807) is 11.0 Å². The van der Waals surface area contributed by atoms with Gasteiger partial charge in [0.2, 0.25) is 0 Å². The van der Waals surface area contributed by atoms with E-state index in [1.807, 2.05) is 32.9 Å². The molecule has 0 N–H and O–H groups in total. The number of rotatable bonds is 3. The normalized spacial score (nSPS) is 24.5. The molecule has 30 heavy (non-hydrogen) atoms. The number of fused-ring (bicyclic) bond motifs is 1. The maximum absolute atomic E-state index is 13.0. The Bertz CT molecular complexity index is 1050. The Labute approximate surface area is 181 Å². The van der Waals surface area contributed by atoms with Gasteiger partial charge in [-0.3, -0.25) is 4.79 Å². The third-order valence-electron chi connectivity index (χ3n) is 5.67. The van der Waals surface area contributed by atoms with Gasteiger partial charge < -0.3 is 14.1 Å². The standard InChI is InChI=1S/C20H26ClN3O5S/c1-13-11-24(12-14(2)28-13)30(26,27)23-9-7-22(8-10-23)20(25)18-15(3)16-5-4-6-17(21)19(16)29-18/h4-6,13-14H,7-12H2,1-3H3. The van der Waals surface area contributed by atoms with E-state index in [1.165, 1.54) is 8.61 Å². The molecule has 0 aliphatic carbocycles. The van der Waals surface area contributed by atoms with Gasteiger partial charge in [0, 0.05) is 50.2 Å². The van der Waals surface area contributed by atoms with Crippen molar-refractivity contribution in [2.24, 2.45) is 0 Å². The molecule has 2 atom stereocenters. The highest BCUT2D eigenvalue weighted by atomic mass is 35.5. The molecular formula is C20H26ClN3O5S. The second-order valence-electron chi connectivity index (χ2n) is 7.95. The molecule has 4 rings (SSSR count). The highest BCUT2D eigenvalue weighted by Crippen LogP contribution is 2.31. The van der Waals surface area contributed by atoms with Crippen LogP contribution in [0.2, 0.25) is 5.02 Å². The lowest BCUT2D eigenvalue weighted by atomic mass is 10.1. The predicted molar refractivity (Wildman–Crippen MR) is 114 cm³/mol. The predicted octanol–water partition coefficient (Wildman–Crippen LogP) is 2.51. The minimum atomic E-state index is -3.59. The quantitative estimate of drug-likeness (QED) is 0.710. The van der Waals surface area contributed by atoms with Crippen LogP contribution >= 0.6 is 11.6 Å². The summed E-state index contributed by atoms with van der Waals surface area (Å²) in [5.41, 5.74) is 1.24. The number of hydrogen-bond donors (Lipinski definition) is 0. The first-order valence-electron chi connectivity index (χ1n) is 10.1. The van der Waals surface area contributed by atoms with E-state index in [9.17, 15) is 13.2 Å². The first-order chi connectivity index (χ1) is 14.2. The molecule has 2 aliphatic heterocycles. The average Bonchev–Trinajstić information content (AvgIpc) is 3.05. The van der Waals surface area contributed by atoms with Crippen molar-refractivity contribution in [1.82, 2.24) is 13.5 Å². The van der Waals surface area contributed by atoms with Gasteiger partial charge in [-0.25, -0.2) is 0 Å². The lowest BCUT2D eigenvalue weighted by Crippen LogP contribution is -2.57. The number of carbonyl (C=O) groups is 1. The van der Waals surface area contributed by atoms with Crippen LogP contribution < -0.4 is 0 Å². The van der Waals surface area contributed by atoms with Crippen LogP contribution in [-0.4, -0.2) is 79.3 Å². The summed E-state index contributed by atoms with van der Waals surface area (Å²) in [5.74, 6) is 0.00988. The number of hydrogen-bond acceptors (Lipinski definition) is 5. The smallest absolute Gasteiger partial charge is 0.289 e. The van der Waals surface area contributed by atoms with Crippen LogP contribution in [0, 0.1) is 6.92 Å². The Kier molecular flexibility index (Phi) is 5.84. The van der Waals surface area contributed by atoms with E-state index in [4.69, 9.17) is 20.8 Å². The molecule has 0 saturated carbocycles. The topological polar surface area (TPSA) is 83.3 Å². The first kappa shape index (κ1) is 21.6. The fourth-order valence-electron chi connectivity index (χ4n) is 4.16. The van der Waals surface area contributed by atoms with Gasteiger partial charge >= 0.3 is 0 Å². The Hall–Kier alpha value is -1.65. The summed E-state index contributed by atoms with van der Waals surface area (Å²) < 4.78 is 40.4. The largest absolute Gasteiger partial charge is 0.449 e. The Morgan fingerprint density at radius 3 is 2.30 bits per heavy atom. The molecule has 2 fully saturated rings. The summed E-state index contributed by atoms with van der Waals surface area (Å²) in [6.45, 7) is 7.34. The zero-order valence-electron chi connectivity index (χ0n) is 17.3. The summed E-state index contributed by atoms with van der Waals surface area (Å²) in [6.07, 6.45) is -0.288. The van der Waals surface area contributed by atoms with Crippen molar-refractivity contribution in [3.8, 4) is 0 Å². The molecule has 2 aliphatic rings. The van der Waals surface area contributed by atoms with E-state index in [0.29, 0.717) is 36.8 Å². The van der Waals surface area contributed by atoms with Crippen LogP contribution in [-0.2, 0) is 14.9 Å². The van der Waals surface area contributed by atoms with Crippen molar-refractivity contribution in [2.45, 2.75) is 33.0 Å². The molecule has 0 bridgehead atoms. The van der Waals surface area contributed by atoms with Crippen LogP contribution in [0.15, 0.2) is 22.6 Å². The number of aryl methyl sites for hydroxylation is 1. The first-order valence-corrected chi connectivity index (χ1v) is 11.8. The van der Waals surface area contributed by atoms with E-state index in [2.05, 4.69) is 0 Å². The molecule has 3 heterocycles. The minimum absolute atomic E-state index is 0.144. The molecule has 0 spiro atoms. The van der Waals surface area contributed by atoms with Gasteiger partial charge in [0.05, 0.1) is 17.2 Å². The molecule has 1 aromatic heterocycles. The molecule has 1 amide bonds. The molecule has 2 aromatic rings. The number of carbonyl (C=O) groups excluding carboxylic acids is 1. The fourth-order valence-corrected chi connectivity index (χ4v) is 6.12. The van der Waals surface area contributed by atoms with Crippen molar-refractivity contribution in [3.05, 3.63) is 34.5 Å². The van der Waals surface area contributed by atoms with Crippen molar-refractivity contribution in [2.75, 3.05) is 39.3 Å². The highest BCUT2D eigenvalue weighted by molar-refractivity contribution is 7.86. The zero-order chi connectivity index (χ0) is 21.6. The molecule has 2 unspecified atom stereocenters. The number of morpholine rings is 1. The van der Waals surface area contributed by atoms with E-state index < -0.39 is 10.2 Å². The van der Waals surface area contributed by atoms with Crippen molar-refractivity contribution in [1.29, 1.82) is 0 Å². The number of amides is 1. The maximum Gasteiger partial charge on any atom is 0.289 e. The minimum Gasteiger partial charge on any atom is -0.449 e. The number of benzene rings is 1. The van der Waals surface area contributed by atoms with E-state index in [0.717, 1.165) is 10.9 Å². The number of ether oxygens (including phenoxy) is 1. The third-order valence-corrected chi connectivity index (χ3v) is 7.94. The highest BCUT2D eigenvalue weighted by Gasteiger charge is 2.38. The molecule has 10 heteroatoms. The fraction of sp³-hybridized carbons (Fsp3) is 0.550. The average molecular weight is 456 g/mol. The Balaban J connectivity index is 1.46. The number of para-hydroxylation sites is 1.